The van der Waals surface area contributed by atoms with Gasteiger partial charge in [-0.3, -0.25) is 0 Å². The molecule has 1 aromatic carbocycles. The molecular formula is C14H22F2N2O. The number of anilines is 1. The number of aliphatic hydroxyl groups excluding tert-OH is 1. The molecule has 5 heteroatoms. The monoisotopic (exact) mass is 272 g/mol. The van der Waals surface area contributed by atoms with Gasteiger partial charge in [0, 0.05) is 19.6 Å². The minimum Gasteiger partial charge on any atom is -0.395 e. The maximum Gasteiger partial charge on any atom is 0.149 e. The molecule has 0 spiro atoms. The van der Waals surface area contributed by atoms with Crippen molar-refractivity contribution in [2.24, 2.45) is 0 Å². The lowest BCUT2D eigenvalue weighted by atomic mass is 10.1. The van der Waals surface area contributed by atoms with Crippen molar-refractivity contribution in [3.8, 4) is 0 Å². The van der Waals surface area contributed by atoms with Gasteiger partial charge in [0.15, 0.2) is 0 Å². The second-order valence-electron chi connectivity index (χ2n) is 4.40. The third-order valence-electron chi connectivity index (χ3n) is 2.84. The van der Waals surface area contributed by atoms with E-state index < -0.39 is 11.6 Å². The van der Waals surface area contributed by atoms with E-state index in [2.05, 4.69) is 5.32 Å². The SMILES string of the molecule is CCCN(CCO)c1c(F)cc(CNCC)cc1F. The van der Waals surface area contributed by atoms with Gasteiger partial charge in [0.25, 0.3) is 0 Å². The lowest BCUT2D eigenvalue weighted by Crippen LogP contribution is -2.29. The Kier molecular flexibility index (Phi) is 6.73. The van der Waals surface area contributed by atoms with Gasteiger partial charge in [0.1, 0.15) is 17.3 Å². The fourth-order valence-corrected chi connectivity index (χ4v) is 2.02. The Morgan fingerprint density at radius 2 is 1.79 bits per heavy atom. The molecule has 0 aliphatic heterocycles. The molecule has 0 bridgehead atoms. The van der Waals surface area contributed by atoms with Crippen molar-refractivity contribution < 1.29 is 13.9 Å². The second kappa shape index (κ2) is 8.07. The van der Waals surface area contributed by atoms with Crippen molar-refractivity contribution >= 4 is 5.69 Å². The van der Waals surface area contributed by atoms with Crippen LogP contribution in [0.4, 0.5) is 14.5 Å². The van der Waals surface area contributed by atoms with Crippen LogP contribution in [-0.2, 0) is 6.54 Å². The minimum absolute atomic E-state index is 0.0452. The maximum absolute atomic E-state index is 14.0. The second-order valence-corrected chi connectivity index (χ2v) is 4.40. The fraction of sp³-hybridized carbons (Fsp3) is 0.571. The Morgan fingerprint density at radius 3 is 2.26 bits per heavy atom. The Balaban J connectivity index is 2.99. The number of nitrogens with zero attached hydrogens (tertiary/aromatic N) is 1. The summed E-state index contributed by atoms with van der Waals surface area (Å²) < 4.78 is 28.1. The maximum atomic E-state index is 14.0. The van der Waals surface area contributed by atoms with Gasteiger partial charge in [0.2, 0.25) is 0 Å². The Hall–Kier alpha value is -1.20. The van der Waals surface area contributed by atoms with Crippen LogP contribution >= 0.6 is 0 Å². The smallest absolute Gasteiger partial charge is 0.149 e. The molecule has 19 heavy (non-hydrogen) atoms. The molecule has 0 aliphatic rings. The molecule has 0 saturated heterocycles. The molecule has 108 valence electrons. The number of benzene rings is 1. The van der Waals surface area contributed by atoms with Crippen LogP contribution in [0.5, 0.6) is 0 Å². The van der Waals surface area contributed by atoms with E-state index in [0.29, 0.717) is 18.7 Å². The number of rotatable bonds is 8. The van der Waals surface area contributed by atoms with Crippen molar-refractivity contribution in [3.63, 3.8) is 0 Å². The number of halogens is 2. The topological polar surface area (TPSA) is 35.5 Å². The molecule has 1 rings (SSSR count). The highest BCUT2D eigenvalue weighted by molar-refractivity contribution is 5.50. The molecule has 0 radical (unpaired) electrons. The molecule has 0 unspecified atom stereocenters. The van der Waals surface area contributed by atoms with E-state index in [9.17, 15) is 8.78 Å². The Labute approximate surface area is 113 Å². The van der Waals surface area contributed by atoms with E-state index >= 15 is 0 Å². The van der Waals surface area contributed by atoms with E-state index in [1.54, 1.807) is 4.90 Å². The summed E-state index contributed by atoms with van der Waals surface area (Å²) in [6.45, 7) is 5.67. The van der Waals surface area contributed by atoms with Crippen LogP contribution < -0.4 is 10.2 Å². The average molecular weight is 272 g/mol. The van der Waals surface area contributed by atoms with Crippen LogP contribution in [0.2, 0.25) is 0 Å². The summed E-state index contributed by atoms with van der Waals surface area (Å²) in [5.74, 6) is -1.15. The summed E-state index contributed by atoms with van der Waals surface area (Å²) in [6.07, 6.45) is 0.762. The minimum atomic E-state index is -0.574. The van der Waals surface area contributed by atoms with Crippen LogP contribution in [0, 0.1) is 11.6 Å². The molecule has 0 aromatic heterocycles. The summed E-state index contributed by atoms with van der Waals surface area (Å²) in [5, 5.41) is 12.0. The molecule has 0 heterocycles. The largest absolute Gasteiger partial charge is 0.395 e. The van der Waals surface area contributed by atoms with Crippen LogP contribution in [0.15, 0.2) is 12.1 Å². The van der Waals surface area contributed by atoms with Gasteiger partial charge in [0.05, 0.1) is 6.61 Å². The molecule has 1 aromatic rings. The zero-order chi connectivity index (χ0) is 14.3. The molecule has 0 aliphatic carbocycles. The van der Waals surface area contributed by atoms with Crippen LogP contribution in [0.3, 0.4) is 0 Å². The lowest BCUT2D eigenvalue weighted by Gasteiger charge is -2.24. The third kappa shape index (κ3) is 4.44. The lowest BCUT2D eigenvalue weighted by molar-refractivity contribution is 0.301. The highest BCUT2D eigenvalue weighted by Gasteiger charge is 2.17. The van der Waals surface area contributed by atoms with E-state index in [4.69, 9.17) is 5.11 Å². The summed E-state index contributed by atoms with van der Waals surface area (Å²) in [5.41, 5.74) is 0.539. The van der Waals surface area contributed by atoms with E-state index in [-0.39, 0.29) is 18.8 Å². The fourth-order valence-electron chi connectivity index (χ4n) is 2.02. The number of nitrogens with one attached hydrogen (secondary N) is 1. The van der Waals surface area contributed by atoms with E-state index in [0.717, 1.165) is 13.0 Å². The first-order chi connectivity index (χ1) is 9.13. The van der Waals surface area contributed by atoms with E-state index in [1.165, 1.54) is 12.1 Å². The average Bonchev–Trinajstić information content (AvgIpc) is 2.36. The van der Waals surface area contributed by atoms with Gasteiger partial charge in [-0.25, -0.2) is 8.78 Å². The van der Waals surface area contributed by atoms with Gasteiger partial charge in [-0.2, -0.15) is 0 Å². The van der Waals surface area contributed by atoms with Crippen molar-refractivity contribution in [1.82, 2.24) is 5.32 Å². The standard InChI is InChI=1S/C14H22F2N2O/c1-3-5-18(6-7-19)14-12(15)8-11(9-13(14)16)10-17-4-2/h8-9,17,19H,3-7,10H2,1-2H3. The predicted molar refractivity (Wildman–Crippen MR) is 73.3 cm³/mol. The quantitative estimate of drug-likeness (QED) is 0.762. The van der Waals surface area contributed by atoms with Crippen LogP contribution in [-0.4, -0.2) is 31.3 Å². The first kappa shape index (κ1) is 15.9. The Bertz CT molecular complexity index is 370. The third-order valence-corrected chi connectivity index (χ3v) is 2.84. The normalized spacial score (nSPS) is 10.8. The van der Waals surface area contributed by atoms with Crippen LogP contribution in [0.1, 0.15) is 25.8 Å². The van der Waals surface area contributed by atoms with Crippen molar-refractivity contribution in [2.75, 3.05) is 31.1 Å². The summed E-state index contributed by atoms with van der Waals surface area (Å²) in [6, 6.07) is 2.70. The molecular weight excluding hydrogens is 250 g/mol. The van der Waals surface area contributed by atoms with Crippen molar-refractivity contribution in [2.45, 2.75) is 26.8 Å². The van der Waals surface area contributed by atoms with Crippen LogP contribution in [0.25, 0.3) is 0 Å². The van der Waals surface area contributed by atoms with Gasteiger partial charge >= 0.3 is 0 Å². The molecule has 3 nitrogen and oxygen atoms in total. The van der Waals surface area contributed by atoms with Gasteiger partial charge in [-0.1, -0.05) is 13.8 Å². The molecule has 0 saturated carbocycles. The number of hydrogen-bond acceptors (Lipinski definition) is 3. The van der Waals surface area contributed by atoms with Crippen molar-refractivity contribution in [1.29, 1.82) is 0 Å². The Morgan fingerprint density at radius 1 is 1.16 bits per heavy atom. The summed E-state index contributed by atoms with van der Waals surface area (Å²) in [4.78, 5) is 1.54. The van der Waals surface area contributed by atoms with Gasteiger partial charge < -0.3 is 15.3 Å². The van der Waals surface area contributed by atoms with E-state index in [1.807, 2.05) is 13.8 Å². The highest BCUT2D eigenvalue weighted by Crippen LogP contribution is 2.25. The highest BCUT2D eigenvalue weighted by atomic mass is 19.1. The number of aliphatic hydroxyl groups is 1. The number of hydrogen-bond donors (Lipinski definition) is 2. The zero-order valence-corrected chi connectivity index (χ0v) is 11.5. The zero-order valence-electron chi connectivity index (χ0n) is 11.5. The first-order valence-electron chi connectivity index (χ1n) is 6.68. The van der Waals surface area contributed by atoms with Gasteiger partial charge in [-0.05, 0) is 30.7 Å². The molecule has 2 N–H and O–H groups in total. The molecule has 0 amide bonds. The van der Waals surface area contributed by atoms with Crippen molar-refractivity contribution in [3.05, 3.63) is 29.3 Å². The summed E-state index contributed by atoms with van der Waals surface area (Å²) >= 11 is 0. The summed E-state index contributed by atoms with van der Waals surface area (Å²) in [7, 11) is 0. The molecule has 0 fully saturated rings. The molecule has 0 atom stereocenters. The van der Waals surface area contributed by atoms with Gasteiger partial charge in [-0.15, -0.1) is 0 Å². The predicted octanol–water partition coefficient (Wildman–Crippen LogP) is 2.28. The first-order valence-corrected chi connectivity index (χ1v) is 6.68.